The van der Waals surface area contributed by atoms with Gasteiger partial charge in [0.2, 0.25) is 0 Å². The molecule has 0 aliphatic carbocycles. The first-order valence-corrected chi connectivity index (χ1v) is 8.24. The van der Waals surface area contributed by atoms with Crippen LogP contribution in [0.15, 0.2) is 21.1 Å². The molecule has 1 aliphatic rings. The van der Waals surface area contributed by atoms with E-state index in [1.807, 2.05) is 6.07 Å². The van der Waals surface area contributed by atoms with E-state index in [4.69, 9.17) is 4.74 Å². The van der Waals surface area contributed by atoms with E-state index in [1.165, 1.54) is 31.5 Å². The number of ether oxygens (including phenoxy) is 1. The monoisotopic (exact) mass is 390 g/mol. The van der Waals surface area contributed by atoms with Gasteiger partial charge in [0.25, 0.3) is 0 Å². The van der Waals surface area contributed by atoms with E-state index in [0.29, 0.717) is 0 Å². The third kappa shape index (κ3) is 4.45. The molecule has 1 aliphatic heterocycles. The number of benzene rings is 1. The van der Waals surface area contributed by atoms with Gasteiger partial charge in [-0.15, -0.1) is 0 Å². The maximum atomic E-state index is 5.44. The smallest absolute Gasteiger partial charge is 0.137 e. The Labute approximate surface area is 132 Å². The highest BCUT2D eigenvalue weighted by Gasteiger charge is 2.11. The summed E-state index contributed by atoms with van der Waals surface area (Å²) in [6.45, 7) is 5.50. The zero-order valence-corrected chi connectivity index (χ0v) is 14.4. The molecule has 19 heavy (non-hydrogen) atoms. The Morgan fingerprint density at radius 3 is 2.68 bits per heavy atom. The van der Waals surface area contributed by atoms with Crippen LogP contribution in [0.2, 0.25) is 0 Å². The van der Waals surface area contributed by atoms with Crippen molar-refractivity contribution >= 4 is 31.9 Å². The van der Waals surface area contributed by atoms with Crippen LogP contribution in [0.5, 0.6) is 5.75 Å². The molecular weight excluding hydrogens is 372 g/mol. The molecule has 1 saturated heterocycles. The van der Waals surface area contributed by atoms with Crippen LogP contribution in [0.3, 0.4) is 0 Å². The quantitative estimate of drug-likeness (QED) is 0.752. The van der Waals surface area contributed by atoms with Crippen LogP contribution < -0.4 is 10.1 Å². The molecular formula is C14H20Br2N2O. The van der Waals surface area contributed by atoms with Gasteiger partial charge in [0.1, 0.15) is 5.75 Å². The van der Waals surface area contributed by atoms with Gasteiger partial charge in [-0.2, -0.15) is 0 Å². The van der Waals surface area contributed by atoms with Gasteiger partial charge in [-0.3, -0.25) is 0 Å². The molecule has 0 unspecified atom stereocenters. The predicted molar refractivity (Wildman–Crippen MR) is 85.8 cm³/mol. The number of nitrogens with one attached hydrogen (secondary N) is 1. The zero-order valence-electron chi connectivity index (χ0n) is 11.2. The molecule has 0 atom stereocenters. The fourth-order valence-electron chi connectivity index (χ4n) is 2.44. The molecule has 1 fully saturated rings. The highest BCUT2D eigenvalue weighted by atomic mass is 79.9. The molecule has 2 rings (SSSR count). The van der Waals surface area contributed by atoms with Crippen LogP contribution in [-0.2, 0) is 6.54 Å². The summed E-state index contributed by atoms with van der Waals surface area (Å²) in [5.41, 5.74) is 1.17. The first-order valence-electron chi connectivity index (χ1n) is 6.65. The second-order valence-corrected chi connectivity index (χ2v) is 6.58. The Kier molecular flexibility index (Phi) is 6.13. The first-order chi connectivity index (χ1) is 9.20. The molecule has 5 heteroatoms. The van der Waals surface area contributed by atoms with Crippen molar-refractivity contribution in [1.82, 2.24) is 10.2 Å². The molecule has 1 heterocycles. The summed E-state index contributed by atoms with van der Waals surface area (Å²) < 4.78 is 7.50. The van der Waals surface area contributed by atoms with Crippen LogP contribution in [0.4, 0.5) is 0 Å². The molecule has 0 saturated carbocycles. The zero-order chi connectivity index (χ0) is 13.7. The Morgan fingerprint density at radius 2 is 2.00 bits per heavy atom. The number of rotatable bonds is 6. The van der Waals surface area contributed by atoms with Crippen molar-refractivity contribution in [2.75, 3.05) is 33.3 Å². The van der Waals surface area contributed by atoms with Crippen LogP contribution in [0, 0.1) is 0 Å². The highest BCUT2D eigenvalue weighted by Crippen LogP contribution is 2.32. The average Bonchev–Trinajstić information content (AvgIpc) is 2.87. The maximum Gasteiger partial charge on any atom is 0.137 e. The summed E-state index contributed by atoms with van der Waals surface area (Å²) in [7, 11) is 1.71. The van der Waals surface area contributed by atoms with E-state index >= 15 is 0 Å². The van der Waals surface area contributed by atoms with Crippen molar-refractivity contribution in [2.24, 2.45) is 0 Å². The van der Waals surface area contributed by atoms with Crippen molar-refractivity contribution in [3.63, 3.8) is 0 Å². The minimum Gasteiger partial charge on any atom is -0.495 e. The van der Waals surface area contributed by atoms with E-state index in [-0.39, 0.29) is 0 Å². The summed E-state index contributed by atoms with van der Waals surface area (Å²) >= 11 is 7.05. The van der Waals surface area contributed by atoms with Gasteiger partial charge in [0.15, 0.2) is 0 Å². The van der Waals surface area contributed by atoms with Crippen molar-refractivity contribution in [3.8, 4) is 5.75 Å². The Hall–Kier alpha value is -0.100. The minimum absolute atomic E-state index is 0.828. The second-order valence-electron chi connectivity index (χ2n) is 4.81. The molecule has 1 aromatic carbocycles. The second kappa shape index (κ2) is 7.62. The fraction of sp³-hybridized carbons (Fsp3) is 0.571. The minimum atomic E-state index is 0.828. The van der Waals surface area contributed by atoms with E-state index in [0.717, 1.165) is 34.3 Å². The van der Waals surface area contributed by atoms with Crippen LogP contribution in [0.25, 0.3) is 0 Å². The number of hydrogen-bond acceptors (Lipinski definition) is 3. The Morgan fingerprint density at radius 1 is 1.26 bits per heavy atom. The number of hydrogen-bond donors (Lipinski definition) is 1. The number of nitrogens with zero attached hydrogens (tertiary/aromatic N) is 1. The normalized spacial score (nSPS) is 15.9. The third-order valence-electron chi connectivity index (χ3n) is 3.41. The SMILES string of the molecule is COc1c(Br)cc(Br)cc1CNCCN1CCCC1. The largest absolute Gasteiger partial charge is 0.495 e. The van der Waals surface area contributed by atoms with Crippen molar-refractivity contribution < 1.29 is 4.74 Å². The van der Waals surface area contributed by atoms with Gasteiger partial charge in [-0.25, -0.2) is 0 Å². The maximum absolute atomic E-state index is 5.44. The van der Waals surface area contributed by atoms with Crippen molar-refractivity contribution in [2.45, 2.75) is 19.4 Å². The van der Waals surface area contributed by atoms with Gasteiger partial charge in [0, 0.05) is 29.7 Å². The lowest BCUT2D eigenvalue weighted by molar-refractivity contribution is 0.335. The summed E-state index contributed by atoms with van der Waals surface area (Å²) in [4.78, 5) is 2.51. The first kappa shape index (κ1) is 15.3. The van der Waals surface area contributed by atoms with Crippen LogP contribution in [0.1, 0.15) is 18.4 Å². The summed E-state index contributed by atoms with van der Waals surface area (Å²) in [6.07, 6.45) is 2.71. The standard InChI is InChI=1S/C14H20Br2N2O/c1-19-14-11(8-12(15)9-13(14)16)10-17-4-7-18-5-2-3-6-18/h8-9,17H,2-7,10H2,1H3. The average molecular weight is 392 g/mol. The molecule has 0 radical (unpaired) electrons. The topological polar surface area (TPSA) is 24.5 Å². The molecule has 106 valence electrons. The van der Waals surface area contributed by atoms with Crippen molar-refractivity contribution in [1.29, 1.82) is 0 Å². The van der Waals surface area contributed by atoms with Crippen LogP contribution >= 0.6 is 31.9 Å². The van der Waals surface area contributed by atoms with E-state index < -0.39 is 0 Å². The highest BCUT2D eigenvalue weighted by molar-refractivity contribution is 9.11. The van der Waals surface area contributed by atoms with Crippen molar-refractivity contribution in [3.05, 3.63) is 26.6 Å². The molecule has 1 N–H and O–H groups in total. The van der Waals surface area contributed by atoms with Gasteiger partial charge >= 0.3 is 0 Å². The van der Waals surface area contributed by atoms with Gasteiger partial charge in [-0.05, 0) is 54.0 Å². The lowest BCUT2D eigenvalue weighted by Gasteiger charge is -2.16. The predicted octanol–water partition coefficient (Wildman–Crippen LogP) is 3.41. The summed E-state index contributed by atoms with van der Waals surface area (Å²) in [5.74, 6) is 0.914. The Balaban J connectivity index is 1.84. The third-order valence-corrected chi connectivity index (χ3v) is 4.46. The van der Waals surface area contributed by atoms with Crippen LogP contribution in [-0.4, -0.2) is 38.2 Å². The molecule has 3 nitrogen and oxygen atoms in total. The summed E-state index contributed by atoms with van der Waals surface area (Å²) in [6, 6.07) is 4.11. The van der Waals surface area contributed by atoms with E-state index in [9.17, 15) is 0 Å². The van der Waals surface area contributed by atoms with E-state index in [2.05, 4.69) is 48.1 Å². The molecule has 0 aromatic heterocycles. The van der Waals surface area contributed by atoms with E-state index in [1.54, 1.807) is 7.11 Å². The lowest BCUT2D eigenvalue weighted by atomic mass is 10.2. The number of likely N-dealkylation sites (tertiary alicyclic amines) is 1. The number of methoxy groups -OCH3 is 1. The molecule has 0 spiro atoms. The van der Waals surface area contributed by atoms with Gasteiger partial charge in [0.05, 0.1) is 11.6 Å². The van der Waals surface area contributed by atoms with Gasteiger partial charge in [-0.1, -0.05) is 15.9 Å². The molecule has 1 aromatic rings. The molecule has 0 bridgehead atoms. The lowest BCUT2D eigenvalue weighted by Crippen LogP contribution is -2.29. The fourth-order valence-corrected chi connectivity index (χ4v) is 3.92. The Bertz CT molecular complexity index is 420. The summed E-state index contributed by atoms with van der Waals surface area (Å²) in [5, 5.41) is 3.49. The number of halogens is 2. The molecule has 0 amide bonds. The van der Waals surface area contributed by atoms with Gasteiger partial charge < -0.3 is 15.0 Å².